The summed E-state index contributed by atoms with van der Waals surface area (Å²) in [6.45, 7) is 1.69. The summed E-state index contributed by atoms with van der Waals surface area (Å²) >= 11 is 1.24. The highest BCUT2D eigenvalue weighted by Gasteiger charge is 2.18. The minimum Gasteiger partial charge on any atom is -0.480 e. The van der Waals surface area contributed by atoms with E-state index in [1.165, 1.54) is 24.8 Å². The number of nitrogens with zero attached hydrogens (tertiary/aromatic N) is 3. The molecule has 0 aliphatic carbocycles. The van der Waals surface area contributed by atoms with E-state index in [0.29, 0.717) is 17.0 Å². The summed E-state index contributed by atoms with van der Waals surface area (Å²) in [6, 6.07) is 0. The van der Waals surface area contributed by atoms with Crippen molar-refractivity contribution >= 4 is 17.2 Å². The van der Waals surface area contributed by atoms with E-state index < -0.39 is 4.92 Å². The summed E-state index contributed by atoms with van der Waals surface area (Å²) in [7, 11) is 1.51. The maximum absolute atomic E-state index is 10.8. The van der Waals surface area contributed by atoms with Gasteiger partial charge in [0.25, 0.3) is 5.69 Å². The van der Waals surface area contributed by atoms with Crippen LogP contribution in [0.25, 0.3) is 11.1 Å². The molecular formula is C10H9N3O3S. The van der Waals surface area contributed by atoms with Gasteiger partial charge in [0.05, 0.1) is 17.6 Å². The van der Waals surface area contributed by atoms with Crippen molar-refractivity contribution in [2.45, 2.75) is 6.92 Å². The first-order chi connectivity index (χ1) is 8.15. The van der Waals surface area contributed by atoms with E-state index in [-0.39, 0.29) is 5.69 Å². The third kappa shape index (κ3) is 1.96. The molecule has 0 N–H and O–H groups in total. The minimum absolute atomic E-state index is 0.00393. The van der Waals surface area contributed by atoms with Crippen LogP contribution in [0.15, 0.2) is 17.8 Å². The fraction of sp³-hybridized carbons (Fsp3) is 0.200. The van der Waals surface area contributed by atoms with Crippen molar-refractivity contribution in [2.75, 3.05) is 7.11 Å². The van der Waals surface area contributed by atoms with Gasteiger partial charge in [-0.2, -0.15) is 4.37 Å². The van der Waals surface area contributed by atoms with E-state index in [1.54, 1.807) is 18.5 Å². The SMILES string of the molecule is COc1nscc1-c1cncc([N+](=O)[O-])c1C. The van der Waals surface area contributed by atoms with Gasteiger partial charge in [-0.05, 0) is 18.5 Å². The molecule has 0 amide bonds. The molecule has 88 valence electrons. The summed E-state index contributed by atoms with van der Waals surface area (Å²) in [4.78, 5) is 14.3. The Hall–Kier alpha value is -2.02. The van der Waals surface area contributed by atoms with Crippen molar-refractivity contribution in [3.63, 3.8) is 0 Å². The Morgan fingerprint density at radius 2 is 2.18 bits per heavy atom. The first kappa shape index (κ1) is 11.5. The number of aromatic nitrogens is 2. The molecule has 2 rings (SSSR count). The second kappa shape index (κ2) is 4.46. The molecule has 0 aliphatic rings. The average molecular weight is 251 g/mol. The standard InChI is InChI=1S/C10H9N3O3S/c1-6-7(3-11-4-9(6)13(14)15)8-5-17-12-10(8)16-2/h3-5H,1-2H3. The highest BCUT2D eigenvalue weighted by atomic mass is 32.1. The molecule has 0 saturated carbocycles. The van der Waals surface area contributed by atoms with Gasteiger partial charge in [-0.3, -0.25) is 15.1 Å². The van der Waals surface area contributed by atoms with Crippen LogP contribution in [0.3, 0.4) is 0 Å². The molecule has 0 unspecified atom stereocenters. The molecule has 0 fully saturated rings. The van der Waals surface area contributed by atoms with Crippen molar-refractivity contribution in [1.29, 1.82) is 0 Å². The molecule has 2 aromatic heterocycles. The quantitative estimate of drug-likeness (QED) is 0.618. The van der Waals surface area contributed by atoms with Gasteiger partial charge in [0, 0.05) is 22.7 Å². The summed E-state index contributed by atoms with van der Waals surface area (Å²) in [6.07, 6.45) is 2.82. The largest absolute Gasteiger partial charge is 0.480 e. The molecule has 0 bridgehead atoms. The molecule has 2 aromatic rings. The molecule has 0 atom stereocenters. The first-order valence-electron chi connectivity index (χ1n) is 4.73. The highest BCUT2D eigenvalue weighted by molar-refractivity contribution is 7.04. The Bertz CT molecular complexity index is 568. The van der Waals surface area contributed by atoms with E-state index in [9.17, 15) is 10.1 Å². The fourth-order valence-corrected chi connectivity index (χ4v) is 2.18. The van der Waals surface area contributed by atoms with E-state index in [2.05, 4.69) is 9.36 Å². The third-order valence-electron chi connectivity index (χ3n) is 2.41. The lowest BCUT2D eigenvalue weighted by molar-refractivity contribution is -0.385. The number of ether oxygens (including phenoxy) is 1. The van der Waals surface area contributed by atoms with Gasteiger partial charge in [-0.25, -0.2) is 0 Å². The Morgan fingerprint density at radius 3 is 2.82 bits per heavy atom. The van der Waals surface area contributed by atoms with E-state index in [4.69, 9.17) is 4.74 Å². The van der Waals surface area contributed by atoms with Crippen molar-refractivity contribution in [2.24, 2.45) is 0 Å². The molecule has 0 saturated heterocycles. The number of methoxy groups -OCH3 is 1. The molecule has 17 heavy (non-hydrogen) atoms. The zero-order valence-electron chi connectivity index (χ0n) is 9.21. The van der Waals surface area contributed by atoms with Crippen molar-refractivity contribution in [3.8, 4) is 17.0 Å². The van der Waals surface area contributed by atoms with Crippen LogP contribution in [0.1, 0.15) is 5.56 Å². The van der Waals surface area contributed by atoms with Crippen LogP contribution in [0.5, 0.6) is 5.88 Å². The number of rotatable bonds is 3. The maximum Gasteiger partial charge on any atom is 0.291 e. The molecule has 0 aliphatic heterocycles. The number of nitro groups is 1. The summed E-state index contributed by atoms with van der Waals surface area (Å²) in [5.74, 6) is 0.459. The summed E-state index contributed by atoms with van der Waals surface area (Å²) in [5, 5.41) is 12.6. The van der Waals surface area contributed by atoms with Crippen molar-refractivity contribution in [3.05, 3.63) is 33.5 Å². The smallest absolute Gasteiger partial charge is 0.291 e. The molecule has 2 heterocycles. The summed E-state index contributed by atoms with van der Waals surface area (Å²) in [5.41, 5.74) is 1.95. The van der Waals surface area contributed by atoms with Crippen LogP contribution in [0, 0.1) is 17.0 Å². The number of pyridine rings is 1. The van der Waals surface area contributed by atoms with Gasteiger partial charge in [-0.1, -0.05) is 0 Å². The van der Waals surface area contributed by atoms with Gasteiger partial charge in [0.15, 0.2) is 0 Å². The Morgan fingerprint density at radius 1 is 1.41 bits per heavy atom. The van der Waals surface area contributed by atoms with E-state index in [1.807, 2.05) is 0 Å². The van der Waals surface area contributed by atoms with Crippen LogP contribution in [-0.4, -0.2) is 21.4 Å². The monoisotopic (exact) mass is 251 g/mol. The van der Waals surface area contributed by atoms with Crippen LogP contribution in [0.4, 0.5) is 5.69 Å². The normalized spacial score (nSPS) is 10.2. The Kier molecular flexibility index (Phi) is 3.01. The van der Waals surface area contributed by atoms with Gasteiger partial charge >= 0.3 is 0 Å². The zero-order chi connectivity index (χ0) is 12.4. The van der Waals surface area contributed by atoms with Crippen LogP contribution in [-0.2, 0) is 0 Å². The minimum atomic E-state index is -0.446. The average Bonchev–Trinajstić information content (AvgIpc) is 2.76. The van der Waals surface area contributed by atoms with E-state index >= 15 is 0 Å². The third-order valence-corrected chi connectivity index (χ3v) is 3.02. The lowest BCUT2D eigenvalue weighted by Gasteiger charge is -2.05. The predicted octanol–water partition coefficient (Wildman–Crippen LogP) is 2.43. The maximum atomic E-state index is 10.8. The van der Waals surface area contributed by atoms with Gasteiger partial charge in [-0.15, -0.1) is 0 Å². The van der Waals surface area contributed by atoms with Crippen LogP contribution >= 0.6 is 11.5 Å². The number of hydrogen-bond acceptors (Lipinski definition) is 6. The van der Waals surface area contributed by atoms with E-state index in [0.717, 1.165) is 5.56 Å². The molecule has 0 radical (unpaired) electrons. The second-order valence-corrected chi connectivity index (χ2v) is 3.95. The second-order valence-electron chi connectivity index (χ2n) is 3.33. The topological polar surface area (TPSA) is 78.2 Å². The molecule has 0 spiro atoms. The Labute approximate surface area is 101 Å². The van der Waals surface area contributed by atoms with Gasteiger partial charge in [0.1, 0.15) is 6.20 Å². The summed E-state index contributed by atoms with van der Waals surface area (Å²) < 4.78 is 9.15. The zero-order valence-corrected chi connectivity index (χ0v) is 10.0. The predicted molar refractivity (Wildman–Crippen MR) is 63.3 cm³/mol. The number of hydrogen-bond donors (Lipinski definition) is 0. The highest BCUT2D eigenvalue weighted by Crippen LogP contribution is 2.35. The van der Waals surface area contributed by atoms with Crippen molar-refractivity contribution < 1.29 is 9.66 Å². The van der Waals surface area contributed by atoms with Crippen LogP contribution in [0.2, 0.25) is 0 Å². The van der Waals surface area contributed by atoms with Gasteiger partial charge < -0.3 is 4.74 Å². The fourth-order valence-electron chi connectivity index (χ4n) is 1.52. The first-order valence-corrected chi connectivity index (χ1v) is 5.56. The molecule has 0 aromatic carbocycles. The lowest BCUT2D eigenvalue weighted by Crippen LogP contribution is -1.96. The Balaban J connectivity index is 2.60. The molecule has 7 heteroatoms. The molecular weight excluding hydrogens is 242 g/mol. The lowest BCUT2D eigenvalue weighted by atomic mass is 10.1. The van der Waals surface area contributed by atoms with Crippen LogP contribution < -0.4 is 4.74 Å². The van der Waals surface area contributed by atoms with Crippen molar-refractivity contribution in [1.82, 2.24) is 9.36 Å². The van der Waals surface area contributed by atoms with Gasteiger partial charge in [0.2, 0.25) is 5.88 Å². The molecule has 6 nitrogen and oxygen atoms in total.